The summed E-state index contributed by atoms with van der Waals surface area (Å²) in [6.07, 6.45) is 0.328. The summed E-state index contributed by atoms with van der Waals surface area (Å²) in [5.74, 6) is -1.15. The van der Waals surface area contributed by atoms with Crippen LogP contribution in [0.15, 0.2) is 24.3 Å². The first-order valence-corrected chi connectivity index (χ1v) is 6.55. The molecule has 7 heteroatoms. The summed E-state index contributed by atoms with van der Waals surface area (Å²) < 4.78 is 4.66. The number of nitrogens with one attached hydrogen (secondary N) is 1. The molecule has 1 aromatic rings. The molecule has 1 aromatic carbocycles. The Bertz CT molecular complexity index is 574. The van der Waals surface area contributed by atoms with Crippen LogP contribution >= 0.6 is 12.2 Å². The first-order valence-electron chi connectivity index (χ1n) is 6.14. The van der Waals surface area contributed by atoms with Crippen molar-refractivity contribution in [1.29, 1.82) is 0 Å². The van der Waals surface area contributed by atoms with Gasteiger partial charge in [-0.05, 0) is 37.7 Å². The second-order valence-electron chi connectivity index (χ2n) is 4.29. The summed E-state index contributed by atoms with van der Waals surface area (Å²) >= 11 is 4.71. The van der Waals surface area contributed by atoms with Crippen LogP contribution in [0.2, 0.25) is 0 Å². The van der Waals surface area contributed by atoms with Crippen LogP contribution in [0.4, 0.5) is 0 Å². The Balaban J connectivity index is 2.94. The average molecular weight is 308 g/mol. The van der Waals surface area contributed by atoms with Gasteiger partial charge < -0.3 is 4.74 Å². The van der Waals surface area contributed by atoms with Crippen molar-refractivity contribution >= 4 is 35.6 Å². The first-order chi connectivity index (χ1) is 9.92. The molecule has 0 aliphatic heterocycles. The number of ether oxygens (including phenoxy) is 1. The number of amides is 3. The number of imide groups is 1. The van der Waals surface area contributed by atoms with Crippen LogP contribution in [0.1, 0.15) is 22.8 Å². The summed E-state index contributed by atoms with van der Waals surface area (Å²) in [6.45, 7) is 3.18. The number of thiocarbonyl (C=S) groups is 1. The molecule has 3 amide bonds. The number of methoxy groups -OCH3 is 1. The Hall–Kier alpha value is -2.28. The Morgan fingerprint density at radius 1 is 1.38 bits per heavy atom. The molecule has 6 nitrogen and oxygen atoms in total. The van der Waals surface area contributed by atoms with Crippen LogP contribution in [0, 0.1) is 6.92 Å². The summed E-state index contributed by atoms with van der Waals surface area (Å²) in [5, 5.41) is 2.16. The van der Waals surface area contributed by atoms with Crippen molar-refractivity contribution in [2.75, 3.05) is 7.11 Å². The van der Waals surface area contributed by atoms with Gasteiger partial charge in [-0.2, -0.15) is 0 Å². The molecule has 1 N–H and O–H groups in total. The molecule has 112 valence electrons. The fraction of sp³-hybridized carbons (Fsp3) is 0.286. The summed E-state index contributed by atoms with van der Waals surface area (Å²) in [5.41, 5.74) is 1.08. The summed E-state index contributed by atoms with van der Waals surface area (Å²) in [6, 6.07) is 5.81. The molecule has 0 bridgehead atoms. The SMILES string of the molecule is COC(=S)NC(=O)C(C)N(C=O)C(=O)c1ccccc1C. The summed E-state index contributed by atoms with van der Waals surface area (Å²) in [4.78, 5) is 36.3. The van der Waals surface area contributed by atoms with E-state index in [1.165, 1.54) is 14.0 Å². The van der Waals surface area contributed by atoms with Gasteiger partial charge in [0.15, 0.2) is 0 Å². The molecule has 0 aromatic heterocycles. The molecule has 0 fully saturated rings. The number of benzene rings is 1. The van der Waals surface area contributed by atoms with Crippen molar-refractivity contribution in [3.63, 3.8) is 0 Å². The fourth-order valence-corrected chi connectivity index (χ4v) is 1.75. The number of rotatable bonds is 4. The molecule has 0 saturated carbocycles. The number of carbonyl (C=O) groups is 3. The number of nitrogens with zero attached hydrogens (tertiary/aromatic N) is 1. The monoisotopic (exact) mass is 308 g/mol. The van der Waals surface area contributed by atoms with Gasteiger partial charge in [0.25, 0.3) is 11.1 Å². The lowest BCUT2D eigenvalue weighted by molar-refractivity contribution is -0.129. The Morgan fingerprint density at radius 3 is 2.52 bits per heavy atom. The second kappa shape index (κ2) is 7.49. The van der Waals surface area contributed by atoms with Gasteiger partial charge >= 0.3 is 0 Å². The zero-order valence-electron chi connectivity index (χ0n) is 12.0. The molecule has 0 heterocycles. The van der Waals surface area contributed by atoms with Gasteiger partial charge in [0.2, 0.25) is 12.3 Å². The normalized spacial score (nSPS) is 11.2. The van der Waals surface area contributed by atoms with Crippen LogP contribution in [0.3, 0.4) is 0 Å². The lowest BCUT2D eigenvalue weighted by Gasteiger charge is -2.23. The van der Waals surface area contributed by atoms with Crippen molar-refractivity contribution in [3.05, 3.63) is 35.4 Å². The Labute approximate surface area is 128 Å². The topological polar surface area (TPSA) is 75.7 Å². The standard InChI is InChI=1S/C14H16N2O4S/c1-9-6-4-5-7-11(9)13(19)16(8-17)10(2)12(18)15-14(21)20-3/h4-8,10H,1-3H3,(H,15,18,21). The molecule has 0 saturated heterocycles. The van der Waals surface area contributed by atoms with Gasteiger partial charge in [0.05, 0.1) is 7.11 Å². The van der Waals surface area contributed by atoms with E-state index < -0.39 is 17.9 Å². The highest BCUT2D eigenvalue weighted by molar-refractivity contribution is 7.80. The van der Waals surface area contributed by atoms with Gasteiger partial charge in [-0.3, -0.25) is 24.6 Å². The Kier molecular flexibility index (Phi) is 5.98. The maximum Gasteiger partial charge on any atom is 0.263 e. The van der Waals surface area contributed by atoms with Crippen molar-refractivity contribution in [1.82, 2.24) is 10.2 Å². The molecule has 0 spiro atoms. The maximum atomic E-state index is 12.3. The molecule has 0 radical (unpaired) electrons. The Morgan fingerprint density at radius 2 is 2.00 bits per heavy atom. The van der Waals surface area contributed by atoms with E-state index in [0.717, 1.165) is 10.5 Å². The molecule has 21 heavy (non-hydrogen) atoms. The fourth-order valence-electron chi connectivity index (χ4n) is 1.65. The van der Waals surface area contributed by atoms with Gasteiger partial charge in [-0.25, -0.2) is 0 Å². The van der Waals surface area contributed by atoms with E-state index in [1.807, 2.05) is 0 Å². The smallest absolute Gasteiger partial charge is 0.263 e. The summed E-state index contributed by atoms with van der Waals surface area (Å²) in [7, 11) is 1.31. The van der Waals surface area contributed by atoms with Crippen LogP contribution < -0.4 is 5.32 Å². The predicted molar refractivity (Wildman–Crippen MR) is 80.6 cm³/mol. The molecular formula is C14H16N2O4S. The number of hydrogen-bond donors (Lipinski definition) is 1. The minimum Gasteiger partial charge on any atom is -0.474 e. The molecule has 0 aliphatic rings. The second-order valence-corrected chi connectivity index (χ2v) is 4.66. The van der Waals surface area contributed by atoms with E-state index >= 15 is 0 Å². The van der Waals surface area contributed by atoms with Crippen molar-refractivity contribution in [2.45, 2.75) is 19.9 Å². The molecule has 1 unspecified atom stereocenters. The largest absolute Gasteiger partial charge is 0.474 e. The highest BCUT2D eigenvalue weighted by Crippen LogP contribution is 2.12. The highest BCUT2D eigenvalue weighted by Gasteiger charge is 2.27. The third-order valence-corrected chi connectivity index (χ3v) is 3.20. The van der Waals surface area contributed by atoms with E-state index in [2.05, 4.69) is 10.1 Å². The maximum absolute atomic E-state index is 12.3. The number of hydrogen-bond acceptors (Lipinski definition) is 5. The van der Waals surface area contributed by atoms with Crippen molar-refractivity contribution in [2.24, 2.45) is 0 Å². The van der Waals surface area contributed by atoms with E-state index in [1.54, 1.807) is 31.2 Å². The average Bonchev–Trinajstić information content (AvgIpc) is 2.47. The lowest BCUT2D eigenvalue weighted by atomic mass is 10.1. The minimum absolute atomic E-state index is 0.124. The van der Waals surface area contributed by atoms with Crippen LogP contribution in [-0.2, 0) is 14.3 Å². The van der Waals surface area contributed by atoms with Gasteiger partial charge in [0, 0.05) is 5.56 Å². The van der Waals surface area contributed by atoms with E-state index in [-0.39, 0.29) is 5.17 Å². The third kappa shape index (κ3) is 4.09. The highest BCUT2D eigenvalue weighted by atomic mass is 32.1. The quantitative estimate of drug-likeness (QED) is 0.664. The number of carbonyl (C=O) groups excluding carboxylic acids is 3. The third-order valence-electron chi connectivity index (χ3n) is 2.93. The molecule has 1 atom stereocenters. The van der Waals surface area contributed by atoms with E-state index in [4.69, 9.17) is 12.2 Å². The predicted octanol–water partition coefficient (Wildman–Crippen LogP) is 1.03. The lowest BCUT2D eigenvalue weighted by Crippen LogP contribution is -2.48. The van der Waals surface area contributed by atoms with Crippen LogP contribution in [-0.4, -0.2) is 41.5 Å². The zero-order chi connectivity index (χ0) is 16.0. The van der Waals surface area contributed by atoms with Gasteiger partial charge in [-0.15, -0.1) is 0 Å². The van der Waals surface area contributed by atoms with E-state index in [0.29, 0.717) is 12.0 Å². The molecule has 0 aliphatic carbocycles. The first kappa shape index (κ1) is 16.8. The molecule has 1 rings (SSSR count). The van der Waals surface area contributed by atoms with Crippen molar-refractivity contribution < 1.29 is 19.1 Å². The number of aryl methyl sites for hydroxylation is 1. The van der Waals surface area contributed by atoms with Crippen molar-refractivity contribution in [3.8, 4) is 0 Å². The van der Waals surface area contributed by atoms with Gasteiger partial charge in [0.1, 0.15) is 6.04 Å². The zero-order valence-corrected chi connectivity index (χ0v) is 12.8. The minimum atomic E-state index is -1.01. The van der Waals surface area contributed by atoms with Crippen LogP contribution in [0.5, 0.6) is 0 Å². The van der Waals surface area contributed by atoms with Gasteiger partial charge in [-0.1, -0.05) is 18.2 Å². The van der Waals surface area contributed by atoms with Crippen LogP contribution in [0.25, 0.3) is 0 Å². The van der Waals surface area contributed by atoms with E-state index in [9.17, 15) is 14.4 Å². The molecular weight excluding hydrogens is 292 g/mol.